The van der Waals surface area contributed by atoms with Crippen LogP contribution in [0.25, 0.3) is 0 Å². The number of likely N-dealkylation sites (N-methyl/N-ethyl adjacent to an activating group) is 1. The van der Waals surface area contributed by atoms with Gasteiger partial charge in [-0.3, -0.25) is 14.4 Å². The van der Waals surface area contributed by atoms with E-state index in [1.54, 1.807) is 36.2 Å². The van der Waals surface area contributed by atoms with E-state index in [0.717, 1.165) is 11.3 Å². The van der Waals surface area contributed by atoms with Gasteiger partial charge in [-0.05, 0) is 37.3 Å². The van der Waals surface area contributed by atoms with Crippen molar-refractivity contribution in [3.8, 4) is 0 Å². The average Bonchev–Trinajstić information content (AvgIpc) is 3.03. The third-order valence-corrected chi connectivity index (χ3v) is 4.92. The number of anilines is 2. The highest BCUT2D eigenvalue weighted by Gasteiger charge is 2.36. The molecule has 2 aromatic carbocycles. The second-order valence-corrected chi connectivity index (χ2v) is 7.43. The predicted octanol–water partition coefficient (Wildman–Crippen LogP) is 3.10. The number of hydrogen-bond donors (Lipinski definition) is 1. The summed E-state index contributed by atoms with van der Waals surface area (Å²) in [6.45, 7) is 2.20. The largest absolute Gasteiger partial charge is 0.336 e. The zero-order valence-electron chi connectivity index (χ0n) is 15.8. The highest BCUT2D eigenvalue weighted by atomic mass is 35.5. The van der Waals surface area contributed by atoms with E-state index in [9.17, 15) is 14.4 Å². The molecule has 3 rings (SSSR count). The minimum Gasteiger partial charge on any atom is -0.336 e. The summed E-state index contributed by atoms with van der Waals surface area (Å²) in [4.78, 5) is 40.3. The molecule has 146 valence electrons. The van der Waals surface area contributed by atoms with Crippen LogP contribution in [0.4, 0.5) is 11.4 Å². The molecule has 1 aliphatic rings. The maximum absolute atomic E-state index is 12.7. The second kappa shape index (κ2) is 8.44. The summed E-state index contributed by atoms with van der Waals surface area (Å²) in [5.74, 6) is -1.08. The molecule has 1 N–H and O–H groups in total. The van der Waals surface area contributed by atoms with Crippen LogP contribution in [-0.2, 0) is 14.4 Å². The van der Waals surface area contributed by atoms with Gasteiger partial charge in [-0.15, -0.1) is 0 Å². The molecule has 0 aliphatic carbocycles. The van der Waals surface area contributed by atoms with Crippen molar-refractivity contribution in [1.29, 1.82) is 0 Å². The normalized spacial score (nSPS) is 16.2. The van der Waals surface area contributed by atoms with Crippen molar-refractivity contribution < 1.29 is 14.4 Å². The number of rotatable bonds is 5. The monoisotopic (exact) mass is 399 g/mol. The van der Waals surface area contributed by atoms with Crippen molar-refractivity contribution in [2.24, 2.45) is 5.92 Å². The first kappa shape index (κ1) is 19.9. The molecule has 7 heteroatoms. The van der Waals surface area contributed by atoms with E-state index < -0.39 is 5.92 Å². The number of nitrogens with zero attached hydrogens (tertiary/aromatic N) is 2. The van der Waals surface area contributed by atoms with Gasteiger partial charge in [0.25, 0.3) is 0 Å². The Morgan fingerprint density at radius 1 is 1.21 bits per heavy atom. The number of hydrogen-bond acceptors (Lipinski definition) is 3. The Balaban J connectivity index is 1.58. The van der Waals surface area contributed by atoms with Crippen LogP contribution in [0.2, 0.25) is 5.02 Å². The van der Waals surface area contributed by atoms with Crippen LogP contribution in [0.1, 0.15) is 12.0 Å². The van der Waals surface area contributed by atoms with E-state index in [1.807, 2.05) is 31.2 Å². The van der Waals surface area contributed by atoms with Gasteiger partial charge in [0.05, 0.1) is 12.5 Å². The smallest absolute Gasteiger partial charge is 0.243 e. The molecule has 0 bridgehead atoms. The number of nitrogens with one attached hydrogen (secondary N) is 1. The second-order valence-electron chi connectivity index (χ2n) is 6.99. The molecule has 1 fully saturated rings. The molecular formula is C21H22ClN3O3. The van der Waals surface area contributed by atoms with Crippen LogP contribution in [-0.4, -0.2) is 42.8 Å². The van der Waals surface area contributed by atoms with Crippen molar-refractivity contribution in [3.05, 3.63) is 59.1 Å². The Morgan fingerprint density at radius 2 is 1.93 bits per heavy atom. The van der Waals surface area contributed by atoms with Crippen molar-refractivity contribution in [2.45, 2.75) is 13.3 Å². The Hall–Kier alpha value is -2.86. The molecule has 2 aromatic rings. The summed E-state index contributed by atoms with van der Waals surface area (Å²) in [5.41, 5.74) is 2.46. The molecule has 1 saturated heterocycles. The van der Waals surface area contributed by atoms with E-state index >= 15 is 0 Å². The summed E-state index contributed by atoms with van der Waals surface area (Å²) in [7, 11) is 1.57. The van der Waals surface area contributed by atoms with Crippen molar-refractivity contribution in [1.82, 2.24) is 4.90 Å². The number of benzene rings is 2. The van der Waals surface area contributed by atoms with Gasteiger partial charge in [0, 0.05) is 36.4 Å². The van der Waals surface area contributed by atoms with Gasteiger partial charge in [-0.2, -0.15) is 0 Å². The Bertz CT molecular complexity index is 898. The summed E-state index contributed by atoms with van der Waals surface area (Å²) in [6.07, 6.45) is 0.146. The molecule has 0 spiro atoms. The number of aryl methyl sites for hydroxylation is 1. The lowest BCUT2D eigenvalue weighted by Crippen LogP contribution is -2.39. The lowest BCUT2D eigenvalue weighted by Gasteiger charge is -2.21. The van der Waals surface area contributed by atoms with Crippen LogP contribution in [0.5, 0.6) is 0 Å². The molecule has 0 saturated carbocycles. The predicted molar refractivity (Wildman–Crippen MR) is 109 cm³/mol. The first-order valence-corrected chi connectivity index (χ1v) is 9.38. The maximum atomic E-state index is 12.7. The number of carbonyl (C=O) groups is 3. The highest BCUT2D eigenvalue weighted by Crippen LogP contribution is 2.26. The maximum Gasteiger partial charge on any atom is 0.243 e. The van der Waals surface area contributed by atoms with Gasteiger partial charge < -0.3 is 15.1 Å². The topological polar surface area (TPSA) is 69.7 Å². The van der Waals surface area contributed by atoms with Crippen LogP contribution in [0.15, 0.2) is 48.5 Å². The fourth-order valence-corrected chi connectivity index (χ4v) is 3.41. The zero-order chi connectivity index (χ0) is 20.3. The Labute approximate surface area is 169 Å². The summed E-state index contributed by atoms with van der Waals surface area (Å²) in [6, 6.07) is 14.4. The van der Waals surface area contributed by atoms with E-state index in [2.05, 4.69) is 5.32 Å². The first-order valence-electron chi connectivity index (χ1n) is 9.01. The Morgan fingerprint density at radius 3 is 2.61 bits per heavy atom. The molecule has 1 atom stereocenters. The number of carbonyl (C=O) groups excluding carboxylic acids is 3. The van der Waals surface area contributed by atoms with Gasteiger partial charge in [-0.1, -0.05) is 35.4 Å². The van der Waals surface area contributed by atoms with E-state index in [0.29, 0.717) is 17.3 Å². The van der Waals surface area contributed by atoms with Gasteiger partial charge >= 0.3 is 0 Å². The van der Waals surface area contributed by atoms with Crippen LogP contribution < -0.4 is 10.2 Å². The molecular weight excluding hydrogens is 378 g/mol. The highest BCUT2D eigenvalue weighted by molar-refractivity contribution is 6.30. The van der Waals surface area contributed by atoms with Gasteiger partial charge in [0.15, 0.2) is 0 Å². The molecule has 3 amide bonds. The van der Waals surface area contributed by atoms with Gasteiger partial charge in [0.2, 0.25) is 17.7 Å². The minimum absolute atomic E-state index is 0.0843. The molecule has 1 heterocycles. The van der Waals surface area contributed by atoms with Crippen LogP contribution in [0.3, 0.4) is 0 Å². The van der Waals surface area contributed by atoms with E-state index in [-0.39, 0.29) is 30.7 Å². The lowest BCUT2D eigenvalue weighted by molar-refractivity contribution is -0.137. The number of amides is 3. The van der Waals surface area contributed by atoms with Crippen molar-refractivity contribution in [2.75, 3.05) is 30.4 Å². The Kier molecular flexibility index (Phi) is 5.99. The average molecular weight is 400 g/mol. The van der Waals surface area contributed by atoms with E-state index in [1.165, 1.54) is 4.90 Å². The fraction of sp³-hybridized carbons (Fsp3) is 0.286. The molecule has 6 nitrogen and oxygen atoms in total. The summed E-state index contributed by atoms with van der Waals surface area (Å²) in [5, 5.41) is 3.23. The van der Waals surface area contributed by atoms with Crippen molar-refractivity contribution >= 4 is 40.7 Å². The van der Waals surface area contributed by atoms with Crippen LogP contribution >= 0.6 is 11.6 Å². The van der Waals surface area contributed by atoms with Crippen LogP contribution in [0, 0.1) is 12.8 Å². The third kappa shape index (κ3) is 4.70. The summed E-state index contributed by atoms with van der Waals surface area (Å²) < 4.78 is 0. The summed E-state index contributed by atoms with van der Waals surface area (Å²) >= 11 is 5.90. The number of halogens is 1. The fourth-order valence-electron chi connectivity index (χ4n) is 3.22. The minimum atomic E-state index is -0.460. The lowest BCUT2D eigenvalue weighted by atomic mass is 10.1. The molecule has 1 unspecified atom stereocenters. The molecule has 0 aromatic heterocycles. The standard InChI is InChI=1S/C21H22ClN3O3/c1-14-6-8-18(9-7-14)25-12-15(10-20(25)27)21(28)24(2)13-19(26)23-17-5-3-4-16(22)11-17/h3-9,11,15H,10,12-13H2,1-2H3,(H,23,26). The first-order chi connectivity index (χ1) is 13.3. The van der Waals surface area contributed by atoms with Gasteiger partial charge in [-0.25, -0.2) is 0 Å². The van der Waals surface area contributed by atoms with Gasteiger partial charge in [0.1, 0.15) is 0 Å². The quantitative estimate of drug-likeness (QED) is 0.839. The van der Waals surface area contributed by atoms with E-state index in [4.69, 9.17) is 11.6 Å². The zero-order valence-corrected chi connectivity index (χ0v) is 16.6. The molecule has 28 heavy (non-hydrogen) atoms. The van der Waals surface area contributed by atoms with Crippen molar-refractivity contribution in [3.63, 3.8) is 0 Å². The molecule has 1 aliphatic heterocycles. The molecule has 0 radical (unpaired) electrons. The SMILES string of the molecule is Cc1ccc(N2CC(C(=O)N(C)CC(=O)Nc3cccc(Cl)c3)CC2=O)cc1. The third-order valence-electron chi connectivity index (χ3n) is 4.69.